The van der Waals surface area contributed by atoms with E-state index in [-0.39, 0.29) is 24.0 Å². The van der Waals surface area contributed by atoms with Gasteiger partial charge in [0, 0.05) is 41.7 Å². The van der Waals surface area contributed by atoms with E-state index in [1.165, 1.54) is 0 Å². The van der Waals surface area contributed by atoms with Gasteiger partial charge in [-0.05, 0) is 31.0 Å². The van der Waals surface area contributed by atoms with E-state index in [0.717, 1.165) is 17.7 Å². The molecule has 6 heteroatoms. The van der Waals surface area contributed by atoms with E-state index in [2.05, 4.69) is 0 Å². The van der Waals surface area contributed by atoms with Crippen LogP contribution in [0.2, 0.25) is 5.02 Å². The fourth-order valence-corrected chi connectivity index (χ4v) is 4.50. The van der Waals surface area contributed by atoms with Gasteiger partial charge in [0.15, 0.2) is 5.78 Å². The van der Waals surface area contributed by atoms with Crippen molar-refractivity contribution in [1.29, 1.82) is 0 Å². The zero-order chi connectivity index (χ0) is 20.5. The minimum atomic E-state index is -0.343. The van der Waals surface area contributed by atoms with Crippen LogP contribution in [0.15, 0.2) is 53.7 Å². The molecule has 0 bridgehead atoms. The Hall–Kier alpha value is -2.79. The third kappa shape index (κ3) is 3.40. The SMILES string of the molecule is COc1ccc([C@H]2CC(=O)N(c3ccccc3Cl)C3=C2C(=O)CCC3)c(OC)c1. The number of carbonyl (C=O) groups excluding carboxylic acids is 2. The third-order valence-corrected chi connectivity index (χ3v) is 5.90. The lowest BCUT2D eigenvalue weighted by molar-refractivity contribution is -0.119. The summed E-state index contributed by atoms with van der Waals surface area (Å²) in [5.74, 6) is 0.936. The van der Waals surface area contributed by atoms with E-state index in [0.29, 0.717) is 40.6 Å². The summed E-state index contributed by atoms with van der Waals surface area (Å²) in [4.78, 5) is 27.9. The van der Waals surface area contributed by atoms with Crippen LogP contribution in [0, 0.1) is 0 Å². The highest BCUT2D eigenvalue weighted by Gasteiger charge is 2.41. The molecule has 0 radical (unpaired) electrons. The van der Waals surface area contributed by atoms with Crippen LogP contribution < -0.4 is 14.4 Å². The lowest BCUT2D eigenvalue weighted by atomic mass is 9.77. The predicted octanol–water partition coefficient (Wildman–Crippen LogP) is 4.88. The fourth-order valence-electron chi connectivity index (χ4n) is 4.28. The smallest absolute Gasteiger partial charge is 0.232 e. The van der Waals surface area contributed by atoms with Crippen molar-refractivity contribution in [1.82, 2.24) is 0 Å². The molecule has 2 aromatic carbocycles. The summed E-state index contributed by atoms with van der Waals surface area (Å²) in [6, 6.07) is 12.7. The van der Waals surface area contributed by atoms with Crippen molar-refractivity contribution in [3.05, 3.63) is 64.3 Å². The van der Waals surface area contributed by atoms with E-state index in [9.17, 15) is 9.59 Å². The minimum absolute atomic E-state index is 0.0746. The Morgan fingerprint density at radius 1 is 1.03 bits per heavy atom. The molecule has 1 heterocycles. The monoisotopic (exact) mass is 411 g/mol. The highest BCUT2D eigenvalue weighted by Crippen LogP contribution is 2.47. The largest absolute Gasteiger partial charge is 0.497 e. The first kappa shape index (κ1) is 19.5. The maximum Gasteiger partial charge on any atom is 0.232 e. The van der Waals surface area contributed by atoms with Crippen LogP contribution in [0.4, 0.5) is 5.69 Å². The molecule has 0 fully saturated rings. The predicted molar refractivity (Wildman–Crippen MR) is 112 cm³/mol. The molecule has 2 aromatic rings. The number of para-hydroxylation sites is 1. The molecule has 0 N–H and O–H groups in total. The Morgan fingerprint density at radius 3 is 2.55 bits per heavy atom. The van der Waals surface area contributed by atoms with Gasteiger partial charge in [-0.1, -0.05) is 29.8 Å². The Bertz CT molecular complexity index is 1010. The van der Waals surface area contributed by atoms with Crippen LogP contribution in [0.1, 0.15) is 37.2 Å². The zero-order valence-electron chi connectivity index (χ0n) is 16.4. The van der Waals surface area contributed by atoms with Gasteiger partial charge in [0.1, 0.15) is 11.5 Å². The normalized spacial score (nSPS) is 19.3. The summed E-state index contributed by atoms with van der Waals surface area (Å²) in [6.45, 7) is 0. The standard InChI is InChI=1S/C23H22ClNO4/c1-28-14-10-11-15(21(12-14)29-2)16-13-22(27)25(18-7-4-3-6-17(18)24)19-8-5-9-20(26)23(16)19/h3-4,6-7,10-12,16H,5,8-9,13H2,1-2H3/t16-/m1/s1. The second-order valence-corrected chi connectivity index (χ2v) is 7.59. The number of ether oxygens (including phenoxy) is 2. The maximum atomic E-state index is 13.3. The minimum Gasteiger partial charge on any atom is -0.497 e. The number of nitrogens with zero attached hydrogens (tertiary/aromatic N) is 1. The quantitative estimate of drug-likeness (QED) is 0.719. The van der Waals surface area contributed by atoms with Gasteiger partial charge in [-0.2, -0.15) is 0 Å². The number of rotatable bonds is 4. The highest BCUT2D eigenvalue weighted by atomic mass is 35.5. The van der Waals surface area contributed by atoms with Crippen molar-refractivity contribution in [3.63, 3.8) is 0 Å². The van der Waals surface area contributed by atoms with Crippen LogP contribution in [-0.4, -0.2) is 25.9 Å². The summed E-state index contributed by atoms with van der Waals surface area (Å²) >= 11 is 6.39. The molecule has 1 aliphatic heterocycles. The van der Waals surface area contributed by atoms with Crippen molar-refractivity contribution in [2.45, 2.75) is 31.6 Å². The molecule has 150 valence electrons. The van der Waals surface area contributed by atoms with E-state index in [1.54, 1.807) is 31.3 Å². The first-order chi connectivity index (χ1) is 14.0. The molecule has 0 saturated heterocycles. The molecule has 0 aromatic heterocycles. The lowest BCUT2D eigenvalue weighted by Crippen LogP contribution is -2.40. The number of ketones is 1. The molecule has 0 spiro atoms. The molecule has 2 aliphatic rings. The van der Waals surface area contributed by atoms with Gasteiger partial charge in [-0.3, -0.25) is 14.5 Å². The number of hydrogen-bond donors (Lipinski definition) is 0. The zero-order valence-corrected chi connectivity index (χ0v) is 17.2. The first-order valence-corrected chi connectivity index (χ1v) is 9.98. The second kappa shape index (κ2) is 7.91. The first-order valence-electron chi connectivity index (χ1n) is 9.60. The van der Waals surface area contributed by atoms with E-state index in [1.807, 2.05) is 30.3 Å². The van der Waals surface area contributed by atoms with Gasteiger partial charge in [0.25, 0.3) is 0 Å². The maximum absolute atomic E-state index is 13.3. The second-order valence-electron chi connectivity index (χ2n) is 7.18. The van der Waals surface area contributed by atoms with Gasteiger partial charge in [-0.15, -0.1) is 0 Å². The van der Waals surface area contributed by atoms with E-state index >= 15 is 0 Å². The molecule has 0 saturated carbocycles. The highest BCUT2D eigenvalue weighted by molar-refractivity contribution is 6.34. The Balaban J connectivity index is 1.88. The van der Waals surface area contributed by atoms with Gasteiger partial charge in [0.2, 0.25) is 5.91 Å². The molecule has 1 aliphatic carbocycles. The van der Waals surface area contributed by atoms with Crippen molar-refractivity contribution in [3.8, 4) is 11.5 Å². The van der Waals surface area contributed by atoms with Gasteiger partial charge in [0.05, 0.1) is 24.9 Å². The molecular weight excluding hydrogens is 390 g/mol. The van der Waals surface area contributed by atoms with Crippen LogP contribution in [-0.2, 0) is 9.59 Å². The molecule has 1 amide bonds. The van der Waals surface area contributed by atoms with Crippen molar-refractivity contribution in [2.24, 2.45) is 0 Å². The van der Waals surface area contributed by atoms with E-state index in [4.69, 9.17) is 21.1 Å². The van der Waals surface area contributed by atoms with Crippen molar-refractivity contribution in [2.75, 3.05) is 19.1 Å². The Labute approximate surface area is 174 Å². The molecule has 1 atom stereocenters. The third-order valence-electron chi connectivity index (χ3n) is 5.58. The van der Waals surface area contributed by atoms with Gasteiger partial charge < -0.3 is 9.47 Å². The lowest BCUT2D eigenvalue weighted by Gasteiger charge is -2.38. The summed E-state index contributed by atoms with van der Waals surface area (Å²) in [6.07, 6.45) is 2.04. The van der Waals surface area contributed by atoms with Crippen molar-refractivity contribution < 1.29 is 19.1 Å². The van der Waals surface area contributed by atoms with E-state index < -0.39 is 0 Å². The molecular formula is C23H22ClNO4. The number of benzene rings is 2. The fraction of sp³-hybridized carbons (Fsp3) is 0.304. The molecule has 4 rings (SSSR count). The number of methoxy groups -OCH3 is 2. The van der Waals surface area contributed by atoms with Gasteiger partial charge >= 0.3 is 0 Å². The molecule has 0 unspecified atom stereocenters. The summed E-state index contributed by atoms with van der Waals surface area (Å²) in [5.41, 5.74) is 2.90. The summed E-state index contributed by atoms with van der Waals surface area (Å²) in [7, 11) is 3.17. The average molecular weight is 412 g/mol. The number of amides is 1. The average Bonchev–Trinajstić information content (AvgIpc) is 2.73. The van der Waals surface area contributed by atoms with Crippen molar-refractivity contribution >= 4 is 29.0 Å². The van der Waals surface area contributed by atoms with Crippen LogP contribution >= 0.6 is 11.6 Å². The summed E-state index contributed by atoms with van der Waals surface area (Å²) < 4.78 is 10.8. The number of carbonyl (C=O) groups is 2. The number of anilines is 1. The van der Waals surface area contributed by atoms with Crippen LogP contribution in [0.5, 0.6) is 11.5 Å². The number of Topliss-reactive ketones (excluding diaryl/α,β-unsaturated/α-hetero) is 1. The topological polar surface area (TPSA) is 55.8 Å². The number of halogens is 1. The molecule has 29 heavy (non-hydrogen) atoms. The Kier molecular flexibility index (Phi) is 5.33. The summed E-state index contributed by atoms with van der Waals surface area (Å²) in [5, 5.41) is 0.492. The molecule has 5 nitrogen and oxygen atoms in total. The van der Waals surface area contributed by atoms with Crippen LogP contribution in [0.25, 0.3) is 0 Å². The van der Waals surface area contributed by atoms with Crippen LogP contribution in [0.3, 0.4) is 0 Å². The number of allylic oxidation sites excluding steroid dienone is 2. The number of hydrogen-bond acceptors (Lipinski definition) is 4. The van der Waals surface area contributed by atoms with Gasteiger partial charge in [-0.25, -0.2) is 0 Å². The Morgan fingerprint density at radius 2 is 1.83 bits per heavy atom.